The lowest BCUT2D eigenvalue weighted by Crippen LogP contribution is -2.19. The SMILES string of the molecule is CCCCNC(=O)Sc1cccc2ccccc12. The Morgan fingerprint density at radius 2 is 1.94 bits per heavy atom. The minimum absolute atomic E-state index is 0.0276. The van der Waals surface area contributed by atoms with Crippen LogP contribution in [-0.2, 0) is 0 Å². The second-order valence-corrected chi connectivity index (χ2v) is 5.16. The number of amides is 1. The molecule has 0 saturated carbocycles. The molecule has 0 atom stereocenters. The molecular formula is C15H17NOS. The minimum atomic E-state index is 0.0276. The highest BCUT2D eigenvalue weighted by molar-refractivity contribution is 8.13. The Morgan fingerprint density at radius 1 is 1.17 bits per heavy atom. The van der Waals surface area contributed by atoms with Crippen molar-refractivity contribution in [2.75, 3.05) is 6.54 Å². The Bertz CT molecular complexity index is 534. The summed E-state index contributed by atoms with van der Waals surface area (Å²) in [4.78, 5) is 12.8. The van der Waals surface area contributed by atoms with Gasteiger partial charge in [-0.05, 0) is 35.0 Å². The maximum Gasteiger partial charge on any atom is 0.283 e. The lowest BCUT2D eigenvalue weighted by Gasteiger charge is -2.06. The Hall–Kier alpha value is -1.48. The largest absolute Gasteiger partial charge is 0.347 e. The predicted octanol–water partition coefficient (Wildman–Crippen LogP) is 4.44. The molecule has 0 bridgehead atoms. The fraction of sp³-hybridized carbons (Fsp3) is 0.267. The average Bonchev–Trinajstić information content (AvgIpc) is 2.39. The predicted molar refractivity (Wildman–Crippen MR) is 78.1 cm³/mol. The number of nitrogens with one attached hydrogen (secondary N) is 1. The van der Waals surface area contributed by atoms with Gasteiger partial charge in [0, 0.05) is 11.4 Å². The van der Waals surface area contributed by atoms with E-state index in [0.29, 0.717) is 0 Å². The standard InChI is InChI=1S/C15H17NOS/c1-2-3-11-16-15(17)18-14-10-6-8-12-7-4-5-9-13(12)14/h4-10H,2-3,11H2,1H3,(H,16,17). The molecule has 94 valence electrons. The van der Waals surface area contributed by atoms with Gasteiger partial charge in [0.15, 0.2) is 0 Å². The smallest absolute Gasteiger partial charge is 0.283 e. The molecule has 0 aliphatic heterocycles. The minimum Gasteiger partial charge on any atom is -0.347 e. The van der Waals surface area contributed by atoms with Crippen LogP contribution in [-0.4, -0.2) is 11.8 Å². The molecule has 2 rings (SSSR count). The van der Waals surface area contributed by atoms with Gasteiger partial charge in [0.25, 0.3) is 5.24 Å². The quantitative estimate of drug-likeness (QED) is 0.649. The van der Waals surface area contributed by atoms with E-state index in [1.54, 1.807) is 0 Å². The van der Waals surface area contributed by atoms with Crippen LogP contribution in [0.15, 0.2) is 47.4 Å². The monoisotopic (exact) mass is 259 g/mol. The van der Waals surface area contributed by atoms with E-state index < -0.39 is 0 Å². The van der Waals surface area contributed by atoms with Crippen molar-refractivity contribution < 1.29 is 4.79 Å². The summed E-state index contributed by atoms with van der Waals surface area (Å²) in [5.74, 6) is 0. The first-order valence-electron chi connectivity index (χ1n) is 6.24. The Labute approximate surface area is 112 Å². The number of rotatable bonds is 4. The Kier molecular flexibility index (Phi) is 4.65. The van der Waals surface area contributed by atoms with Gasteiger partial charge in [0.1, 0.15) is 0 Å². The first kappa shape index (κ1) is 13.0. The Morgan fingerprint density at radius 3 is 2.78 bits per heavy atom. The van der Waals surface area contributed by atoms with Crippen molar-refractivity contribution in [2.45, 2.75) is 24.7 Å². The fourth-order valence-corrected chi connectivity index (χ4v) is 2.60. The van der Waals surface area contributed by atoms with Crippen LogP contribution in [0.5, 0.6) is 0 Å². The van der Waals surface area contributed by atoms with Gasteiger partial charge in [-0.3, -0.25) is 4.79 Å². The lowest BCUT2D eigenvalue weighted by atomic mass is 10.1. The van der Waals surface area contributed by atoms with Crippen LogP contribution >= 0.6 is 11.8 Å². The van der Waals surface area contributed by atoms with E-state index >= 15 is 0 Å². The topological polar surface area (TPSA) is 29.1 Å². The van der Waals surface area contributed by atoms with E-state index in [1.807, 2.05) is 24.3 Å². The maximum atomic E-state index is 11.8. The van der Waals surface area contributed by atoms with Gasteiger partial charge in [0.2, 0.25) is 0 Å². The van der Waals surface area contributed by atoms with Crippen LogP contribution in [0, 0.1) is 0 Å². The lowest BCUT2D eigenvalue weighted by molar-refractivity contribution is 0.260. The van der Waals surface area contributed by atoms with Crippen molar-refractivity contribution in [1.29, 1.82) is 0 Å². The highest BCUT2D eigenvalue weighted by atomic mass is 32.2. The molecule has 2 aromatic rings. The Balaban J connectivity index is 2.09. The third-order valence-electron chi connectivity index (χ3n) is 2.75. The molecule has 0 saturated heterocycles. The summed E-state index contributed by atoms with van der Waals surface area (Å²) in [6, 6.07) is 14.2. The molecule has 18 heavy (non-hydrogen) atoms. The zero-order valence-corrected chi connectivity index (χ0v) is 11.3. The van der Waals surface area contributed by atoms with Crippen LogP contribution in [0.1, 0.15) is 19.8 Å². The van der Waals surface area contributed by atoms with Crippen LogP contribution in [0.25, 0.3) is 10.8 Å². The summed E-state index contributed by atoms with van der Waals surface area (Å²) < 4.78 is 0. The molecule has 0 unspecified atom stereocenters. The van der Waals surface area contributed by atoms with Crippen molar-refractivity contribution in [3.8, 4) is 0 Å². The normalized spacial score (nSPS) is 10.5. The first-order chi connectivity index (χ1) is 8.81. The van der Waals surface area contributed by atoms with E-state index in [0.717, 1.165) is 29.7 Å². The van der Waals surface area contributed by atoms with E-state index in [-0.39, 0.29) is 5.24 Å². The molecule has 0 radical (unpaired) electrons. The van der Waals surface area contributed by atoms with E-state index in [1.165, 1.54) is 17.1 Å². The van der Waals surface area contributed by atoms with Crippen molar-refractivity contribution in [2.24, 2.45) is 0 Å². The summed E-state index contributed by atoms with van der Waals surface area (Å²) >= 11 is 1.27. The highest BCUT2D eigenvalue weighted by Gasteiger charge is 2.06. The van der Waals surface area contributed by atoms with Crippen molar-refractivity contribution >= 4 is 27.8 Å². The fourth-order valence-electron chi connectivity index (χ4n) is 1.79. The summed E-state index contributed by atoms with van der Waals surface area (Å²) in [6.07, 6.45) is 2.13. The molecule has 2 nitrogen and oxygen atoms in total. The number of benzene rings is 2. The molecule has 0 aromatic heterocycles. The molecule has 2 aromatic carbocycles. The number of unbranched alkanes of at least 4 members (excludes halogenated alkanes) is 1. The zero-order valence-electron chi connectivity index (χ0n) is 10.5. The number of carbonyl (C=O) groups is 1. The molecule has 0 fully saturated rings. The second-order valence-electron chi connectivity index (χ2n) is 4.15. The highest BCUT2D eigenvalue weighted by Crippen LogP contribution is 2.27. The van der Waals surface area contributed by atoms with Gasteiger partial charge in [-0.2, -0.15) is 0 Å². The van der Waals surface area contributed by atoms with Crippen LogP contribution in [0.4, 0.5) is 4.79 Å². The number of hydrogen-bond acceptors (Lipinski definition) is 2. The van der Waals surface area contributed by atoms with E-state index in [4.69, 9.17) is 0 Å². The summed E-state index contributed by atoms with van der Waals surface area (Å²) in [7, 11) is 0. The van der Waals surface area contributed by atoms with Crippen molar-refractivity contribution in [3.63, 3.8) is 0 Å². The van der Waals surface area contributed by atoms with Crippen LogP contribution in [0.2, 0.25) is 0 Å². The summed E-state index contributed by atoms with van der Waals surface area (Å²) in [5, 5.41) is 5.25. The van der Waals surface area contributed by atoms with Crippen molar-refractivity contribution in [3.05, 3.63) is 42.5 Å². The zero-order chi connectivity index (χ0) is 12.8. The number of thioether (sulfide) groups is 1. The molecule has 0 aliphatic carbocycles. The number of carbonyl (C=O) groups excluding carboxylic acids is 1. The van der Waals surface area contributed by atoms with Crippen LogP contribution < -0.4 is 5.32 Å². The van der Waals surface area contributed by atoms with Crippen molar-refractivity contribution in [1.82, 2.24) is 5.32 Å². The third kappa shape index (κ3) is 3.26. The molecule has 3 heteroatoms. The number of hydrogen-bond donors (Lipinski definition) is 1. The second kappa shape index (κ2) is 6.45. The van der Waals surface area contributed by atoms with Gasteiger partial charge < -0.3 is 5.32 Å². The van der Waals surface area contributed by atoms with Gasteiger partial charge in [-0.25, -0.2) is 0 Å². The first-order valence-corrected chi connectivity index (χ1v) is 7.06. The van der Waals surface area contributed by atoms with Gasteiger partial charge in [-0.1, -0.05) is 49.7 Å². The number of fused-ring (bicyclic) bond motifs is 1. The maximum absolute atomic E-state index is 11.8. The molecule has 0 spiro atoms. The van der Waals surface area contributed by atoms with Gasteiger partial charge >= 0.3 is 0 Å². The summed E-state index contributed by atoms with van der Waals surface area (Å²) in [6.45, 7) is 2.87. The molecule has 0 aliphatic rings. The average molecular weight is 259 g/mol. The third-order valence-corrected chi connectivity index (χ3v) is 3.66. The molecule has 1 amide bonds. The van der Waals surface area contributed by atoms with E-state index in [2.05, 4.69) is 30.4 Å². The van der Waals surface area contributed by atoms with Gasteiger partial charge in [0.05, 0.1) is 0 Å². The van der Waals surface area contributed by atoms with Gasteiger partial charge in [-0.15, -0.1) is 0 Å². The molecular weight excluding hydrogens is 242 g/mol. The molecule has 0 heterocycles. The van der Waals surface area contributed by atoms with E-state index in [9.17, 15) is 4.79 Å². The molecule has 1 N–H and O–H groups in total. The van der Waals surface area contributed by atoms with Crippen LogP contribution in [0.3, 0.4) is 0 Å². The summed E-state index contributed by atoms with van der Waals surface area (Å²) in [5.41, 5.74) is 0.